The van der Waals surface area contributed by atoms with Gasteiger partial charge < -0.3 is 19.5 Å². The zero-order chi connectivity index (χ0) is 20.0. The first-order valence-corrected chi connectivity index (χ1v) is 10.2. The van der Waals surface area contributed by atoms with Gasteiger partial charge in [-0.3, -0.25) is 4.79 Å². The Bertz CT molecular complexity index is 940. The monoisotopic (exact) mass is 393 g/mol. The topological polar surface area (TPSA) is 76.1 Å². The van der Waals surface area contributed by atoms with Crippen molar-refractivity contribution in [2.45, 2.75) is 43.7 Å². The molecule has 5 rings (SSSR count). The van der Waals surface area contributed by atoms with Crippen LogP contribution in [0.2, 0.25) is 0 Å². The first kappa shape index (κ1) is 18.0. The molecular formula is C23H23NO5. The van der Waals surface area contributed by atoms with Crippen LogP contribution in [0.5, 0.6) is 11.5 Å². The smallest absolute Gasteiger partial charge is 0.335 e. The van der Waals surface area contributed by atoms with Crippen molar-refractivity contribution >= 4 is 11.9 Å². The van der Waals surface area contributed by atoms with Gasteiger partial charge in [0.1, 0.15) is 13.2 Å². The normalized spacial score (nSPS) is 25.0. The predicted molar refractivity (Wildman–Crippen MR) is 106 cm³/mol. The van der Waals surface area contributed by atoms with Gasteiger partial charge in [-0.1, -0.05) is 12.1 Å². The summed E-state index contributed by atoms with van der Waals surface area (Å²) in [5, 5.41) is 9.10. The molecule has 0 aromatic heterocycles. The number of fused-ring (bicyclic) bond motifs is 3. The minimum atomic E-state index is -0.906. The van der Waals surface area contributed by atoms with E-state index < -0.39 is 5.97 Å². The Kier molecular flexibility index (Phi) is 4.42. The summed E-state index contributed by atoms with van der Waals surface area (Å²) in [4.78, 5) is 26.4. The Morgan fingerprint density at radius 1 is 0.862 bits per heavy atom. The molecule has 2 fully saturated rings. The van der Waals surface area contributed by atoms with Crippen molar-refractivity contribution in [1.29, 1.82) is 0 Å². The first-order valence-electron chi connectivity index (χ1n) is 10.2. The van der Waals surface area contributed by atoms with Gasteiger partial charge in [0, 0.05) is 17.6 Å². The highest BCUT2D eigenvalue weighted by Gasteiger charge is 2.43. The van der Waals surface area contributed by atoms with Crippen LogP contribution in [0.15, 0.2) is 42.5 Å². The molecule has 3 aliphatic rings. The second-order valence-electron chi connectivity index (χ2n) is 8.05. The van der Waals surface area contributed by atoms with Crippen LogP contribution in [-0.4, -0.2) is 47.2 Å². The fourth-order valence-corrected chi connectivity index (χ4v) is 5.00. The predicted octanol–water partition coefficient (Wildman–Crippen LogP) is 3.71. The van der Waals surface area contributed by atoms with E-state index >= 15 is 0 Å². The maximum Gasteiger partial charge on any atom is 0.335 e. The lowest BCUT2D eigenvalue weighted by Crippen LogP contribution is -2.46. The molecule has 1 N–H and O–H groups in total. The van der Waals surface area contributed by atoms with E-state index in [9.17, 15) is 9.59 Å². The van der Waals surface area contributed by atoms with Gasteiger partial charge in [-0.05, 0) is 67.5 Å². The number of piperidine rings is 1. The van der Waals surface area contributed by atoms with Crippen LogP contribution >= 0.6 is 0 Å². The van der Waals surface area contributed by atoms with Crippen LogP contribution in [0.25, 0.3) is 0 Å². The van der Waals surface area contributed by atoms with E-state index in [2.05, 4.69) is 4.90 Å². The highest BCUT2D eigenvalue weighted by atomic mass is 16.6. The van der Waals surface area contributed by atoms with E-state index in [0.29, 0.717) is 41.8 Å². The highest BCUT2D eigenvalue weighted by molar-refractivity contribution is 5.95. The number of ether oxygens (including phenoxy) is 2. The lowest BCUT2D eigenvalue weighted by atomic mass is 9.84. The Hall–Kier alpha value is -3.02. The number of carbonyl (C=O) groups excluding carboxylic acids is 1. The molecule has 0 saturated carbocycles. The van der Waals surface area contributed by atoms with Gasteiger partial charge in [0.05, 0.1) is 5.56 Å². The molecule has 6 nitrogen and oxygen atoms in total. The average molecular weight is 393 g/mol. The molecule has 0 aliphatic carbocycles. The maximum absolute atomic E-state index is 13.3. The fraction of sp³-hybridized carbons (Fsp3) is 0.391. The molecule has 29 heavy (non-hydrogen) atoms. The number of aromatic carboxylic acids is 1. The van der Waals surface area contributed by atoms with E-state index in [1.54, 1.807) is 18.2 Å². The molecule has 2 aromatic carbocycles. The first-order chi connectivity index (χ1) is 14.1. The molecule has 6 heteroatoms. The van der Waals surface area contributed by atoms with Gasteiger partial charge in [-0.2, -0.15) is 0 Å². The standard InChI is InChI=1S/C23H23NO5/c25-22(16-5-8-20-21(13-16)29-10-9-28-20)24-18-6-7-19(24)12-17(11-18)14-1-3-15(4-2-14)23(26)27/h1-5,8,13,17-19H,6-7,9-12H2,(H,26,27)/t17-,18+,19-. The lowest BCUT2D eigenvalue weighted by molar-refractivity contribution is 0.0569. The highest BCUT2D eigenvalue weighted by Crippen LogP contribution is 2.44. The van der Waals surface area contributed by atoms with Crippen LogP contribution in [0.1, 0.15) is 57.9 Å². The van der Waals surface area contributed by atoms with Crippen molar-refractivity contribution in [3.05, 3.63) is 59.2 Å². The zero-order valence-electron chi connectivity index (χ0n) is 16.0. The Morgan fingerprint density at radius 3 is 2.14 bits per heavy atom. The lowest BCUT2D eigenvalue weighted by Gasteiger charge is -2.39. The van der Waals surface area contributed by atoms with Crippen molar-refractivity contribution in [2.24, 2.45) is 0 Å². The summed E-state index contributed by atoms with van der Waals surface area (Å²) in [6, 6.07) is 13.1. The second-order valence-corrected chi connectivity index (χ2v) is 8.05. The molecule has 0 unspecified atom stereocenters. The summed E-state index contributed by atoms with van der Waals surface area (Å²) in [5.41, 5.74) is 2.12. The molecule has 2 aromatic rings. The third-order valence-electron chi connectivity index (χ3n) is 6.39. The minimum Gasteiger partial charge on any atom is -0.486 e. The van der Waals surface area contributed by atoms with E-state index in [0.717, 1.165) is 25.7 Å². The van der Waals surface area contributed by atoms with E-state index in [1.807, 2.05) is 24.3 Å². The Morgan fingerprint density at radius 2 is 1.48 bits per heavy atom. The van der Waals surface area contributed by atoms with Crippen LogP contribution < -0.4 is 9.47 Å². The van der Waals surface area contributed by atoms with E-state index in [4.69, 9.17) is 14.6 Å². The van der Waals surface area contributed by atoms with Crippen molar-refractivity contribution in [1.82, 2.24) is 4.90 Å². The number of rotatable bonds is 3. The van der Waals surface area contributed by atoms with Crippen molar-refractivity contribution < 1.29 is 24.2 Å². The van der Waals surface area contributed by atoms with Crippen LogP contribution in [-0.2, 0) is 0 Å². The van der Waals surface area contributed by atoms with Gasteiger partial charge >= 0.3 is 5.97 Å². The third kappa shape index (κ3) is 3.22. The second kappa shape index (κ2) is 7.10. The number of nitrogens with zero attached hydrogens (tertiary/aromatic N) is 1. The molecule has 3 atom stereocenters. The number of hydrogen-bond donors (Lipinski definition) is 1. The molecule has 2 bridgehead atoms. The molecule has 3 aliphatic heterocycles. The maximum atomic E-state index is 13.3. The van der Waals surface area contributed by atoms with Crippen LogP contribution in [0, 0.1) is 0 Å². The van der Waals surface area contributed by atoms with Crippen molar-refractivity contribution in [2.75, 3.05) is 13.2 Å². The quantitative estimate of drug-likeness (QED) is 0.860. The van der Waals surface area contributed by atoms with Gasteiger partial charge in [0.15, 0.2) is 11.5 Å². The minimum absolute atomic E-state index is 0.0640. The van der Waals surface area contributed by atoms with Crippen LogP contribution in [0.4, 0.5) is 0 Å². The summed E-state index contributed by atoms with van der Waals surface area (Å²) in [5.74, 6) is 0.854. The van der Waals surface area contributed by atoms with Gasteiger partial charge in [0.25, 0.3) is 5.91 Å². The van der Waals surface area contributed by atoms with E-state index in [1.165, 1.54) is 5.56 Å². The van der Waals surface area contributed by atoms with Crippen LogP contribution in [0.3, 0.4) is 0 Å². The number of amides is 1. The molecule has 1 amide bonds. The van der Waals surface area contributed by atoms with Gasteiger partial charge in [0.2, 0.25) is 0 Å². The van der Waals surface area contributed by atoms with Crippen molar-refractivity contribution in [3.63, 3.8) is 0 Å². The zero-order valence-corrected chi connectivity index (χ0v) is 16.0. The molecule has 3 heterocycles. The SMILES string of the molecule is O=C(O)c1ccc([C@H]2C[C@H]3CC[C@@H](C2)N3C(=O)c2ccc3c(c2)OCCO3)cc1. The third-order valence-corrected chi connectivity index (χ3v) is 6.39. The largest absolute Gasteiger partial charge is 0.486 e. The molecule has 0 radical (unpaired) electrons. The number of hydrogen-bond acceptors (Lipinski definition) is 4. The number of carbonyl (C=O) groups is 2. The Labute approximate surface area is 169 Å². The molecular weight excluding hydrogens is 370 g/mol. The number of carboxylic acids is 1. The van der Waals surface area contributed by atoms with Crippen molar-refractivity contribution in [3.8, 4) is 11.5 Å². The summed E-state index contributed by atoms with van der Waals surface area (Å²) >= 11 is 0. The summed E-state index contributed by atoms with van der Waals surface area (Å²) in [6.07, 6.45) is 3.87. The van der Waals surface area contributed by atoms with E-state index in [-0.39, 0.29) is 18.0 Å². The molecule has 150 valence electrons. The summed E-state index contributed by atoms with van der Waals surface area (Å²) in [7, 11) is 0. The number of benzene rings is 2. The fourth-order valence-electron chi connectivity index (χ4n) is 5.00. The molecule has 2 saturated heterocycles. The Balaban J connectivity index is 1.34. The average Bonchev–Trinajstić information content (AvgIpc) is 3.02. The van der Waals surface area contributed by atoms with Gasteiger partial charge in [-0.15, -0.1) is 0 Å². The summed E-state index contributed by atoms with van der Waals surface area (Å²) < 4.78 is 11.2. The summed E-state index contributed by atoms with van der Waals surface area (Å²) in [6.45, 7) is 1.04. The number of carboxylic acid groups (broad SMARTS) is 1. The van der Waals surface area contributed by atoms with Gasteiger partial charge in [-0.25, -0.2) is 4.79 Å². The molecule has 0 spiro atoms.